The summed E-state index contributed by atoms with van der Waals surface area (Å²) in [5.41, 5.74) is 7.48. The summed E-state index contributed by atoms with van der Waals surface area (Å²) in [5, 5.41) is -0.0471. The van der Waals surface area contributed by atoms with Crippen LogP contribution in [0.15, 0.2) is 35.7 Å². The van der Waals surface area contributed by atoms with Crippen LogP contribution in [0.5, 0.6) is 0 Å². The van der Waals surface area contributed by atoms with E-state index in [4.69, 9.17) is 5.73 Å². The van der Waals surface area contributed by atoms with E-state index in [0.29, 0.717) is 6.54 Å². The van der Waals surface area contributed by atoms with Crippen LogP contribution in [0, 0.1) is 0 Å². The monoisotopic (exact) mass is 248 g/mol. The molecule has 1 aromatic rings. The molecule has 2 rings (SSSR count). The van der Waals surface area contributed by atoms with Gasteiger partial charge in [0.25, 0.3) is 0 Å². The number of fused-ring (bicyclic) bond motifs is 1. The zero-order chi connectivity index (χ0) is 12.4. The number of anilines is 2. The van der Waals surface area contributed by atoms with Crippen molar-refractivity contribution in [3.8, 4) is 0 Å². The number of hydrogen-bond acceptors (Lipinski definition) is 3. The molecule has 4 heteroatoms. The zero-order valence-corrected chi connectivity index (χ0v) is 10.7. The van der Waals surface area contributed by atoms with E-state index in [1.165, 1.54) is 0 Å². The van der Waals surface area contributed by atoms with Crippen molar-refractivity contribution in [1.82, 2.24) is 0 Å². The summed E-state index contributed by atoms with van der Waals surface area (Å²) in [4.78, 5) is 15.0. The number of nitrogen functional groups attached to an aromatic ring is 1. The van der Waals surface area contributed by atoms with Crippen LogP contribution in [0.1, 0.15) is 13.3 Å². The minimum Gasteiger partial charge on any atom is -0.399 e. The number of nitrogens with two attached hydrogens (primary N) is 1. The predicted octanol–water partition coefficient (Wildman–Crippen LogP) is 2.67. The van der Waals surface area contributed by atoms with Crippen LogP contribution in [-0.4, -0.2) is 17.7 Å². The molecule has 0 saturated carbocycles. The van der Waals surface area contributed by atoms with Crippen molar-refractivity contribution in [2.24, 2.45) is 0 Å². The van der Waals surface area contributed by atoms with E-state index in [2.05, 4.69) is 6.58 Å². The molecule has 2 N–H and O–H groups in total. The molecule has 17 heavy (non-hydrogen) atoms. The molecule has 0 fully saturated rings. The lowest BCUT2D eigenvalue weighted by molar-refractivity contribution is -0.118. The van der Waals surface area contributed by atoms with Crippen LogP contribution in [0.3, 0.4) is 0 Å². The lowest BCUT2D eigenvalue weighted by Gasteiger charge is -2.32. The maximum atomic E-state index is 12.1. The summed E-state index contributed by atoms with van der Waals surface area (Å²) in [6.45, 7) is 6.31. The zero-order valence-electron chi connectivity index (χ0n) is 9.85. The van der Waals surface area contributed by atoms with Crippen molar-refractivity contribution in [2.75, 3.05) is 17.2 Å². The fourth-order valence-corrected chi connectivity index (χ4v) is 2.99. The van der Waals surface area contributed by atoms with Gasteiger partial charge < -0.3 is 10.6 Å². The molecule has 0 bridgehead atoms. The highest BCUT2D eigenvalue weighted by atomic mass is 32.2. The summed E-state index contributed by atoms with van der Waals surface area (Å²) < 4.78 is 0. The van der Waals surface area contributed by atoms with Crippen LogP contribution >= 0.6 is 11.8 Å². The summed E-state index contributed by atoms with van der Waals surface area (Å²) in [7, 11) is 0. The number of rotatable bonds is 3. The van der Waals surface area contributed by atoms with Gasteiger partial charge >= 0.3 is 0 Å². The van der Waals surface area contributed by atoms with Crippen LogP contribution in [0.2, 0.25) is 0 Å². The number of thioether (sulfide) groups is 1. The van der Waals surface area contributed by atoms with E-state index >= 15 is 0 Å². The Morgan fingerprint density at radius 1 is 1.59 bits per heavy atom. The second-order valence-electron chi connectivity index (χ2n) is 4.05. The maximum absolute atomic E-state index is 12.1. The third-order valence-electron chi connectivity index (χ3n) is 2.75. The highest BCUT2D eigenvalue weighted by Crippen LogP contribution is 2.40. The van der Waals surface area contributed by atoms with Crippen LogP contribution in [-0.2, 0) is 4.79 Å². The highest BCUT2D eigenvalue weighted by molar-refractivity contribution is 8.01. The number of benzene rings is 1. The molecule has 0 aromatic heterocycles. The Kier molecular flexibility index (Phi) is 3.43. The summed E-state index contributed by atoms with van der Waals surface area (Å²) in [6, 6.07) is 5.69. The smallest absolute Gasteiger partial charge is 0.240 e. The molecule has 1 unspecified atom stereocenters. The Hall–Kier alpha value is -1.42. The lowest BCUT2D eigenvalue weighted by atomic mass is 10.2. The molecule has 1 aromatic carbocycles. The standard InChI is InChI=1S/C13H16N2OS/c1-3-4-7-15-11-6-5-10(14)8-12(11)17-9(2)13(15)16/h3,5-6,8-9H,1,4,7,14H2,2H3. The maximum Gasteiger partial charge on any atom is 0.240 e. The predicted molar refractivity (Wildman–Crippen MR) is 73.3 cm³/mol. The largest absolute Gasteiger partial charge is 0.399 e. The van der Waals surface area contributed by atoms with Gasteiger partial charge in [-0.25, -0.2) is 0 Å². The van der Waals surface area contributed by atoms with Crippen LogP contribution < -0.4 is 10.6 Å². The van der Waals surface area contributed by atoms with Crippen LogP contribution in [0.4, 0.5) is 11.4 Å². The van der Waals surface area contributed by atoms with Gasteiger partial charge in [0.15, 0.2) is 0 Å². The van der Waals surface area contributed by atoms with Gasteiger partial charge in [0.2, 0.25) is 5.91 Å². The van der Waals surface area contributed by atoms with Gasteiger partial charge in [-0.2, -0.15) is 0 Å². The third-order valence-corrected chi connectivity index (χ3v) is 3.89. The molecular formula is C13H16N2OS. The molecule has 1 amide bonds. The van der Waals surface area contributed by atoms with Gasteiger partial charge in [0.1, 0.15) is 0 Å². The molecule has 0 radical (unpaired) electrons. The SMILES string of the molecule is C=CCCN1C(=O)C(C)Sc2cc(N)ccc21. The Balaban J connectivity index is 2.37. The number of hydrogen-bond donors (Lipinski definition) is 1. The molecular weight excluding hydrogens is 232 g/mol. The number of carbonyl (C=O) groups excluding carboxylic acids is 1. The topological polar surface area (TPSA) is 46.3 Å². The average molecular weight is 248 g/mol. The summed E-state index contributed by atoms with van der Waals surface area (Å²) in [6.07, 6.45) is 2.63. The van der Waals surface area contributed by atoms with Crippen LogP contribution in [0.25, 0.3) is 0 Å². The van der Waals surface area contributed by atoms with Crippen molar-refractivity contribution < 1.29 is 4.79 Å². The van der Waals surface area contributed by atoms with Crippen molar-refractivity contribution in [3.05, 3.63) is 30.9 Å². The number of nitrogens with zero attached hydrogens (tertiary/aromatic N) is 1. The molecule has 0 aliphatic carbocycles. The second kappa shape index (κ2) is 4.84. The molecule has 3 nitrogen and oxygen atoms in total. The first-order valence-corrected chi connectivity index (χ1v) is 6.50. The summed E-state index contributed by atoms with van der Waals surface area (Å²) in [5.74, 6) is 0.161. The van der Waals surface area contributed by atoms with E-state index in [1.807, 2.05) is 36.1 Å². The Morgan fingerprint density at radius 3 is 3.06 bits per heavy atom. The molecule has 0 spiro atoms. The minimum atomic E-state index is -0.0471. The van der Waals surface area contributed by atoms with Gasteiger partial charge in [-0.1, -0.05) is 6.08 Å². The molecule has 1 aliphatic rings. The van der Waals surface area contributed by atoms with Crippen molar-refractivity contribution in [2.45, 2.75) is 23.5 Å². The fourth-order valence-electron chi connectivity index (χ4n) is 1.88. The first-order chi connectivity index (χ1) is 8.13. The molecule has 1 aliphatic heterocycles. The Bertz CT molecular complexity index is 459. The first kappa shape index (κ1) is 12.0. The highest BCUT2D eigenvalue weighted by Gasteiger charge is 2.29. The van der Waals surface area contributed by atoms with E-state index in [1.54, 1.807) is 11.8 Å². The van der Waals surface area contributed by atoms with E-state index in [9.17, 15) is 4.79 Å². The Morgan fingerprint density at radius 2 is 2.35 bits per heavy atom. The Labute approximate surface area is 106 Å². The average Bonchev–Trinajstić information content (AvgIpc) is 2.30. The second-order valence-corrected chi connectivity index (χ2v) is 5.44. The fraction of sp³-hybridized carbons (Fsp3) is 0.308. The molecule has 0 saturated heterocycles. The minimum absolute atomic E-state index is 0.0471. The lowest BCUT2D eigenvalue weighted by Crippen LogP contribution is -2.40. The van der Waals surface area contributed by atoms with Crippen molar-refractivity contribution >= 4 is 29.0 Å². The quantitative estimate of drug-likeness (QED) is 0.661. The van der Waals surface area contributed by atoms with Gasteiger partial charge in [0.05, 0.1) is 10.9 Å². The normalized spacial score (nSPS) is 19.0. The third kappa shape index (κ3) is 2.31. The van der Waals surface area contributed by atoms with E-state index in [-0.39, 0.29) is 11.2 Å². The van der Waals surface area contributed by atoms with Crippen molar-refractivity contribution in [3.63, 3.8) is 0 Å². The van der Waals surface area contributed by atoms with Crippen molar-refractivity contribution in [1.29, 1.82) is 0 Å². The molecule has 1 heterocycles. The van der Waals surface area contributed by atoms with Gasteiger partial charge in [-0.05, 0) is 31.5 Å². The summed E-state index contributed by atoms with van der Waals surface area (Å²) >= 11 is 1.57. The number of amides is 1. The van der Waals surface area contributed by atoms with E-state index in [0.717, 1.165) is 22.7 Å². The molecule has 90 valence electrons. The van der Waals surface area contributed by atoms with Gasteiger partial charge in [-0.3, -0.25) is 4.79 Å². The van der Waals surface area contributed by atoms with E-state index < -0.39 is 0 Å². The van der Waals surface area contributed by atoms with Gasteiger partial charge in [-0.15, -0.1) is 18.3 Å². The molecule has 1 atom stereocenters. The number of carbonyl (C=O) groups is 1. The van der Waals surface area contributed by atoms with Gasteiger partial charge in [0, 0.05) is 17.1 Å². The first-order valence-electron chi connectivity index (χ1n) is 5.62.